The molecule has 0 atom stereocenters. The van der Waals surface area contributed by atoms with E-state index in [2.05, 4.69) is 15.9 Å². The van der Waals surface area contributed by atoms with Crippen LogP contribution in [0.4, 0.5) is 5.69 Å². The van der Waals surface area contributed by atoms with Crippen LogP contribution in [0.3, 0.4) is 0 Å². The average Bonchev–Trinajstić information content (AvgIpc) is 2.35. The van der Waals surface area contributed by atoms with Crippen molar-refractivity contribution >= 4 is 31.6 Å². The molecule has 0 aromatic heterocycles. The standard InChI is InChI=1S/C12H16BrNO3S/c1-2-3-8-18(15,16)14-6-7-17-12-5-4-10(13)9-11(12)14/h4-5,9H,2-3,6-8H2,1H3. The van der Waals surface area contributed by atoms with E-state index >= 15 is 0 Å². The van der Waals surface area contributed by atoms with E-state index in [0.717, 1.165) is 10.9 Å². The van der Waals surface area contributed by atoms with Crippen molar-refractivity contribution in [2.75, 3.05) is 23.2 Å². The lowest BCUT2D eigenvalue weighted by Crippen LogP contribution is -2.39. The summed E-state index contributed by atoms with van der Waals surface area (Å²) < 4.78 is 32.3. The van der Waals surface area contributed by atoms with E-state index in [-0.39, 0.29) is 5.75 Å². The molecule has 1 aliphatic rings. The van der Waals surface area contributed by atoms with Crippen LogP contribution in [0.2, 0.25) is 0 Å². The first-order chi connectivity index (χ1) is 8.54. The maximum absolute atomic E-state index is 12.3. The van der Waals surface area contributed by atoms with E-state index in [9.17, 15) is 8.42 Å². The summed E-state index contributed by atoms with van der Waals surface area (Å²) in [6.07, 6.45) is 1.55. The van der Waals surface area contributed by atoms with E-state index < -0.39 is 10.0 Å². The Morgan fingerprint density at radius 1 is 1.44 bits per heavy atom. The lowest BCUT2D eigenvalue weighted by atomic mass is 10.2. The topological polar surface area (TPSA) is 46.6 Å². The molecular weight excluding hydrogens is 318 g/mol. The van der Waals surface area contributed by atoms with Crippen molar-refractivity contribution in [2.45, 2.75) is 19.8 Å². The van der Waals surface area contributed by atoms with Crippen LogP contribution in [0.25, 0.3) is 0 Å². The highest BCUT2D eigenvalue weighted by atomic mass is 79.9. The van der Waals surface area contributed by atoms with Gasteiger partial charge in [-0.2, -0.15) is 0 Å². The molecule has 4 nitrogen and oxygen atoms in total. The minimum absolute atomic E-state index is 0.190. The smallest absolute Gasteiger partial charge is 0.235 e. The van der Waals surface area contributed by atoms with E-state index in [4.69, 9.17) is 4.74 Å². The molecule has 0 bridgehead atoms. The third-order valence-electron chi connectivity index (χ3n) is 2.83. The van der Waals surface area contributed by atoms with Gasteiger partial charge in [0.2, 0.25) is 10.0 Å². The fraction of sp³-hybridized carbons (Fsp3) is 0.500. The molecule has 1 aliphatic heterocycles. The monoisotopic (exact) mass is 333 g/mol. The minimum atomic E-state index is -3.24. The van der Waals surface area contributed by atoms with Crippen LogP contribution < -0.4 is 9.04 Å². The molecule has 1 aromatic carbocycles. The second-order valence-electron chi connectivity index (χ2n) is 4.20. The summed E-state index contributed by atoms with van der Waals surface area (Å²) in [4.78, 5) is 0. The summed E-state index contributed by atoms with van der Waals surface area (Å²) in [6.45, 7) is 2.77. The quantitative estimate of drug-likeness (QED) is 0.851. The van der Waals surface area contributed by atoms with Gasteiger partial charge in [-0.3, -0.25) is 4.31 Å². The van der Waals surface area contributed by atoms with Crippen molar-refractivity contribution in [3.8, 4) is 5.75 Å². The Bertz CT molecular complexity index is 530. The molecule has 0 spiro atoms. The van der Waals surface area contributed by atoms with Crippen molar-refractivity contribution in [1.29, 1.82) is 0 Å². The molecule has 1 heterocycles. The summed E-state index contributed by atoms with van der Waals surface area (Å²) in [5.41, 5.74) is 0.631. The molecule has 0 amide bonds. The van der Waals surface area contributed by atoms with Crippen molar-refractivity contribution in [2.24, 2.45) is 0 Å². The Labute approximate surface area is 116 Å². The zero-order valence-corrected chi connectivity index (χ0v) is 12.6. The fourth-order valence-electron chi connectivity index (χ4n) is 1.89. The molecule has 1 aromatic rings. The molecule has 2 rings (SSSR count). The fourth-order valence-corrected chi connectivity index (χ4v) is 3.91. The number of nitrogens with zero attached hydrogens (tertiary/aromatic N) is 1. The molecule has 100 valence electrons. The number of rotatable bonds is 4. The zero-order chi connectivity index (χ0) is 13.2. The van der Waals surface area contributed by atoms with E-state index in [1.807, 2.05) is 13.0 Å². The van der Waals surface area contributed by atoms with Crippen molar-refractivity contribution in [1.82, 2.24) is 0 Å². The molecule has 0 unspecified atom stereocenters. The SMILES string of the molecule is CCCCS(=O)(=O)N1CCOc2ccc(Br)cc21. The second kappa shape index (κ2) is 5.48. The van der Waals surface area contributed by atoms with Gasteiger partial charge >= 0.3 is 0 Å². The van der Waals surface area contributed by atoms with Gasteiger partial charge < -0.3 is 4.74 Å². The normalized spacial score (nSPS) is 15.1. The molecule has 0 saturated carbocycles. The Morgan fingerprint density at radius 2 is 2.22 bits per heavy atom. The minimum Gasteiger partial charge on any atom is -0.489 e. The maximum Gasteiger partial charge on any atom is 0.235 e. The predicted molar refractivity (Wildman–Crippen MR) is 75.7 cm³/mol. The Balaban J connectivity index is 2.35. The lowest BCUT2D eigenvalue weighted by molar-refractivity contribution is 0.315. The van der Waals surface area contributed by atoms with Crippen LogP contribution in [-0.4, -0.2) is 27.3 Å². The van der Waals surface area contributed by atoms with Crippen molar-refractivity contribution < 1.29 is 13.2 Å². The van der Waals surface area contributed by atoms with E-state index in [0.29, 0.717) is 31.0 Å². The van der Waals surface area contributed by atoms with Crippen LogP contribution in [0, 0.1) is 0 Å². The molecule has 0 radical (unpaired) electrons. The van der Waals surface area contributed by atoms with Gasteiger partial charge in [0, 0.05) is 4.47 Å². The summed E-state index contributed by atoms with van der Waals surface area (Å²) >= 11 is 3.36. The van der Waals surface area contributed by atoms with Gasteiger partial charge in [0.15, 0.2) is 0 Å². The molecule has 0 aliphatic carbocycles. The van der Waals surface area contributed by atoms with Crippen LogP contribution in [0.5, 0.6) is 5.75 Å². The van der Waals surface area contributed by atoms with Crippen LogP contribution in [-0.2, 0) is 10.0 Å². The number of hydrogen-bond acceptors (Lipinski definition) is 3. The third kappa shape index (κ3) is 2.80. The summed E-state index contributed by atoms with van der Waals surface area (Å²) in [7, 11) is -3.24. The lowest BCUT2D eigenvalue weighted by Gasteiger charge is -2.30. The van der Waals surface area contributed by atoms with Crippen molar-refractivity contribution in [3.63, 3.8) is 0 Å². The van der Waals surface area contributed by atoms with Gasteiger partial charge in [-0.15, -0.1) is 0 Å². The number of anilines is 1. The Morgan fingerprint density at radius 3 is 2.94 bits per heavy atom. The number of benzene rings is 1. The molecule has 6 heteroatoms. The van der Waals surface area contributed by atoms with Crippen LogP contribution >= 0.6 is 15.9 Å². The Kier molecular flexibility index (Phi) is 4.17. The van der Waals surface area contributed by atoms with Crippen molar-refractivity contribution in [3.05, 3.63) is 22.7 Å². The van der Waals surface area contributed by atoms with Gasteiger partial charge in [-0.1, -0.05) is 29.3 Å². The van der Waals surface area contributed by atoms with Crippen LogP contribution in [0.15, 0.2) is 22.7 Å². The largest absolute Gasteiger partial charge is 0.489 e. The van der Waals surface area contributed by atoms with Gasteiger partial charge in [0.25, 0.3) is 0 Å². The highest BCUT2D eigenvalue weighted by molar-refractivity contribution is 9.10. The Hall–Kier alpha value is -0.750. The number of halogens is 1. The molecule has 18 heavy (non-hydrogen) atoms. The third-order valence-corrected chi connectivity index (χ3v) is 5.18. The number of sulfonamides is 1. The van der Waals surface area contributed by atoms with E-state index in [1.54, 1.807) is 12.1 Å². The predicted octanol–water partition coefficient (Wildman–Crippen LogP) is 2.78. The summed E-state index contributed by atoms with van der Waals surface area (Å²) in [5.74, 6) is 0.819. The number of hydrogen-bond donors (Lipinski definition) is 0. The number of ether oxygens (including phenoxy) is 1. The summed E-state index contributed by atoms with van der Waals surface area (Å²) in [5, 5.41) is 0. The number of fused-ring (bicyclic) bond motifs is 1. The van der Waals surface area contributed by atoms with Crippen LogP contribution in [0.1, 0.15) is 19.8 Å². The second-order valence-corrected chi connectivity index (χ2v) is 7.13. The molecule has 0 fully saturated rings. The highest BCUT2D eigenvalue weighted by Gasteiger charge is 2.28. The first-order valence-electron chi connectivity index (χ1n) is 5.97. The molecule has 0 saturated heterocycles. The van der Waals surface area contributed by atoms with Gasteiger partial charge in [-0.25, -0.2) is 8.42 Å². The van der Waals surface area contributed by atoms with Gasteiger partial charge in [0.1, 0.15) is 12.4 Å². The first-order valence-corrected chi connectivity index (χ1v) is 8.37. The average molecular weight is 334 g/mol. The maximum atomic E-state index is 12.3. The molecule has 0 N–H and O–H groups in total. The first kappa shape index (κ1) is 13.7. The van der Waals surface area contributed by atoms with Gasteiger partial charge in [0.05, 0.1) is 18.0 Å². The van der Waals surface area contributed by atoms with Gasteiger partial charge in [-0.05, 0) is 24.6 Å². The van der Waals surface area contributed by atoms with E-state index in [1.165, 1.54) is 4.31 Å². The highest BCUT2D eigenvalue weighted by Crippen LogP contribution is 2.35. The summed E-state index contributed by atoms with van der Waals surface area (Å²) in [6, 6.07) is 5.43. The number of unbranched alkanes of at least 4 members (excludes halogenated alkanes) is 1. The zero-order valence-electron chi connectivity index (χ0n) is 10.2. The molecular formula is C12H16BrNO3S.